The van der Waals surface area contributed by atoms with E-state index >= 15 is 0 Å². The number of pyridine rings is 2. The predicted molar refractivity (Wildman–Crippen MR) is 164 cm³/mol. The number of para-hydroxylation sites is 1. The number of aryl methyl sites for hydroxylation is 2. The molecule has 1 fully saturated rings. The Morgan fingerprint density at radius 1 is 1.02 bits per heavy atom. The molecule has 42 heavy (non-hydrogen) atoms. The number of hydrogen-bond donors (Lipinski definition) is 1. The van der Waals surface area contributed by atoms with Crippen LogP contribution in [0.15, 0.2) is 77.7 Å². The van der Waals surface area contributed by atoms with E-state index in [1.54, 1.807) is 35.9 Å². The zero-order valence-electron chi connectivity index (χ0n) is 24.0. The highest BCUT2D eigenvalue weighted by molar-refractivity contribution is 6.12. The van der Waals surface area contributed by atoms with Gasteiger partial charge in [-0.25, -0.2) is 0 Å². The molecule has 6 rings (SSSR count). The Balaban J connectivity index is 1.34. The van der Waals surface area contributed by atoms with Crippen molar-refractivity contribution in [2.45, 2.75) is 32.4 Å². The Labute approximate surface area is 243 Å². The maximum atomic E-state index is 14.0. The molecule has 1 aliphatic heterocycles. The Morgan fingerprint density at radius 2 is 1.74 bits per heavy atom. The maximum absolute atomic E-state index is 14.0. The van der Waals surface area contributed by atoms with Crippen molar-refractivity contribution in [1.29, 1.82) is 0 Å². The first kappa shape index (κ1) is 27.3. The fourth-order valence-corrected chi connectivity index (χ4v) is 6.06. The summed E-state index contributed by atoms with van der Waals surface area (Å²) in [5.74, 6) is -0.256. The third kappa shape index (κ3) is 4.81. The largest absolute Gasteiger partial charge is 0.493 e. The molecule has 214 valence electrons. The van der Waals surface area contributed by atoms with Gasteiger partial charge >= 0.3 is 0 Å². The molecule has 0 bridgehead atoms. The van der Waals surface area contributed by atoms with E-state index in [0.717, 1.165) is 42.7 Å². The number of rotatable bonds is 7. The summed E-state index contributed by atoms with van der Waals surface area (Å²) in [6, 6.07) is 20.4. The smallest absolute Gasteiger partial charge is 0.272 e. The van der Waals surface area contributed by atoms with Crippen molar-refractivity contribution in [2.24, 2.45) is 7.05 Å². The van der Waals surface area contributed by atoms with Gasteiger partial charge in [0.15, 0.2) is 17.2 Å². The number of carbonyl (C=O) groups excluding carboxylic acids is 2. The molecule has 3 aromatic heterocycles. The normalized spacial score (nSPS) is 13.9. The van der Waals surface area contributed by atoms with E-state index in [-0.39, 0.29) is 46.7 Å². The van der Waals surface area contributed by atoms with Gasteiger partial charge in [0.25, 0.3) is 11.5 Å². The van der Waals surface area contributed by atoms with Crippen LogP contribution in [0.3, 0.4) is 0 Å². The fourth-order valence-electron chi connectivity index (χ4n) is 6.06. The number of hydrogen-bond acceptors (Lipinski definition) is 6. The Kier molecular flexibility index (Phi) is 7.24. The third-order valence-electron chi connectivity index (χ3n) is 8.15. The number of nitrogens with zero attached hydrogens (tertiary/aromatic N) is 4. The Bertz CT molecular complexity index is 1870. The van der Waals surface area contributed by atoms with Crippen molar-refractivity contribution >= 4 is 39.2 Å². The number of methoxy groups -OCH3 is 1. The average Bonchev–Trinajstić information content (AvgIpc) is 3.32. The number of amides is 1. The van der Waals surface area contributed by atoms with Crippen LogP contribution in [0.1, 0.15) is 39.4 Å². The number of Topliss-reactive ketones (excluding diaryl/α,β-unsaturated/α-hetero) is 1. The highest BCUT2D eigenvalue weighted by Gasteiger charge is 2.30. The van der Waals surface area contributed by atoms with E-state index in [2.05, 4.69) is 21.3 Å². The van der Waals surface area contributed by atoms with Crippen LogP contribution < -0.4 is 20.5 Å². The highest BCUT2D eigenvalue weighted by atomic mass is 16.5. The second-order valence-electron chi connectivity index (χ2n) is 10.8. The zero-order chi connectivity index (χ0) is 29.4. The predicted octanol–water partition coefficient (Wildman–Crippen LogP) is 4.49. The maximum Gasteiger partial charge on any atom is 0.272 e. The topological polar surface area (TPSA) is 98.5 Å². The molecule has 1 aliphatic rings. The number of fused-ring (bicyclic) bond motifs is 3. The molecular formula is C33H33N5O4. The minimum Gasteiger partial charge on any atom is -0.493 e. The molecule has 0 unspecified atom stereocenters. The molecule has 1 saturated heterocycles. The van der Waals surface area contributed by atoms with Crippen molar-refractivity contribution in [3.05, 3.63) is 100 Å². The van der Waals surface area contributed by atoms with Crippen molar-refractivity contribution in [1.82, 2.24) is 19.4 Å². The Morgan fingerprint density at radius 3 is 2.45 bits per heavy atom. The lowest BCUT2D eigenvalue weighted by Crippen LogP contribution is -2.45. The number of ketones is 1. The quantitative estimate of drug-likeness (QED) is 0.293. The monoisotopic (exact) mass is 563 g/mol. The number of piperidine rings is 1. The van der Waals surface area contributed by atoms with Crippen molar-refractivity contribution in [2.75, 3.05) is 25.1 Å². The van der Waals surface area contributed by atoms with E-state index in [9.17, 15) is 14.4 Å². The number of anilines is 1. The standard InChI is InChI=1S/C33H33N5O4/c1-21-19-24(13-16-34-21)37-17-14-23(15-18-37)35-32(40)30-31(42-3)28-29(36(30)2)25-11-7-8-12-26(25)38(33(28)41)20-27(39)22-9-5-4-6-10-22/h4-13,16,19,23H,14-15,17-18,20H2,1-3H3,(H,35,40). The van der Waals surface area contributed by atoms with Gasteiger partial charge in [-0.1, -0.05) is 48.5 Å². The first-order valence-electron chi connectivity index (χ1n) is 14.1. The zero-order valence-corrected chi connectivity index (χ0v) is 24.0. The molecule has 0 radical (unpaired) electrons. The van der Waals surface area contributed by atoms with Crippen LogP contribution in [0.5, 0.6) is 5.75 Å². The minimum atomic E-state index is -0.375. The van der Waals surface area contributed by atoms with Gasteiger partial charge in [-0.15, -0.1) is 0 Å². The molecule has 1 N–H and O–H groups in total. The van der Waals surface area contributed by atoms with E-state index in [1.165, 1.54) is 11.7 Å². The number of benzene rings is 2. The molecule has 4 heterocycles. The van der Waals surface area contributed by atoms with Crippen LogP contribution in [-0.4, -0.2) is 52.0 Å². The van der Waals surface area contributed by atoms with E-state index < -0.39 is 0 Å². The summed E-state index contributed by atoms with van der Waals surface area (Å²) < 4.78 is 8.98. The lowest BCUT2D eigenvalue weighted by Gasteiger charge is -2.34. The van der Waals surface area contributed by atoms with E-state index in [4.69, 9.17) is 4.74 Å². The molecule has 0 spiro atoms. The van der Waals surface area contributed by atoms with Gasteiger partial charge in [0.05, 0.1) is 24.7 Å². The summed E-state index contributed by atoms with van der Waals surface area (Å²) in [7, 11) is 3.24. The summed E-state index contributed by atoms with van der Waals surface area (Å²) >= 11 is 0. The molecular weight excluding hydrogens is 530 g/mol. The van der Waals surface area contributed by atoms with Crippen molar-refractivity contribution in [3.8, 4) is 5.75 Å². The molecule has 0 aliphatic carbocycles. The van der Waals surface area contributed by atoms with Crippen LogP contribution in [-0.2, 0) is 13.6 Å². The SMILES string of the molecule is COc1c(C(=O)NC2CCN(c3ccnc(C)c3)CC2)n(C)c2c1c(=O)n(CC(=O)c1ccccc1)c1ccccc21. The number of carbonyl (C=O) groups is 2. The summed E-state index contributed by atoms with van der Waals surface area (Å²) in [5.41, 5.74) is 3.77. The first-order valence-corrected chi connectivity index (χ1v) is 14.1. The van der Waals surface area contributed by atoms with Gasteiger partial charge in [-0.2, -0.15) is 0 Å². The van der Waals surface area contributed by atoms with Gasteiger partial charge in [0.2, 0.25) is 0 Å². The second kappa shape index (κ2) is 11.2. The molecule has 2 aromatic carbocycles. The van der Waals surface area contributed by atoms with Crippen LogP contribution >= 0.6 is 0 Å². The number of ether oxygens (including phenoxy) is 1. The number of aromatic nitrogens is 3. The van der Waals surface area contributed by atoms with E-state index in [1.807, 2.05) is 49.5 Å². The minimum absolute atomic E-state index is 0.0173. The second-order valence-corrected chi connectivity index (χ2v) is 10.8. The van der Waals surface area contributed by atoms with Gasteiger partial charge < -0.3 is 19.5 Å². The van der Waals surface area contributed by atoms with E-state index in [0.29, 0.717) is 16.6 Å². The van der Waals surface area contributed by atoms with Crippen LogP contribution in [0.25, 0.3) is 21.8 Å². The average molecular weight is 564 g/mol. The van der Waals surface area contributed by atoms with Gasteiger partial charge in [-0.05, 0) is 38.0 Å². The van der Waals surface area contributed by atoms with Crippen LogP contribution in [0.2, 0.25) is 0 Å². The molecule has 0 atom stereocenters. The summed E-state index contributed by atoms with van der Waals surface area (Å²) in [6.07, 6.45) is 3.40. The van der Waals surface area contributed by atoms with Gasteiger partial charge in [0, 0.05) is 54.7 Å². The molecule has 9 nitrogen and oxygen atoms in total. The lowest BCUT2D eigenvalue weighted by atomic mass is 10.0. The van der Waals surface area contributed by atoms with Crippen molar-refractivity contribution < 1.29 is 14.3 Å². The van der Waals surface area contributed by atoms with Gasteiger partial charge in [0.1, 0.15) is 5.39 Å². The van der Waals surface area contributed by atoms with Crippen LogP contribution in [0, 0.1) is 6.92 Å². The Hall–Kier alpha value is -4.92. The molecule has 5 aromatic rings. The fraction of sp³-hybridized carbons (Fsp3) is 0.273. The number of nitrogens with one attached hydrogen (secondary N) is 1. The molecule has 0 saturated carbocycles. The third-order valence-corrected chi connectivity index (χ3v) is 8.15. The van der Waals surface area contributed by atoms with Crippen molar-refractivity contribution in [3.63, 3.8) is 0 Å². The molecule has 9 heteroatoms. The summed E-state index contributed by atoms with van der Waals surface area (Å²) in [6.45, 7) is 3.47. The van der Waals surface area contributed by atoms with Gasteiger partial charge in [-0.3, -0.25) is 23.9 Å². The van der Waals surface area contributed by atoms with Crippen LogP contribution in [0.4, 0.5) is 5.69 Å². The highest BCUT2D eigenvalue weighted by Crippen LogP contribution is 2.35. The first-order chi connectivity index (χ1) is 20.4. The molecule has 1 amide bonds. The lowest BCUT2D eigenvalue weighted by molar-refractivity contribution is 0.0918. The summed E-state index contributed by atoms with van der Waals surface area (Å²) in [5, 5.41) is 4.23. The summed E-state index contributed by atoms with van der Waals surface area (Å²) in [4.78, 5) is 47.6.